The number of ether oxygens (including phenoxy) is 1. The van der Waals surface area contributed by atoms with Gasteiger partial charge in [0.05, 0.1) is 4.47 Å². The van der Waals surface area contributed by atoms with Crippen LogP contribution in [0.4, 0.5) is 0 Å². The average molecular weight is 404 g/mol. The molecule has 0 radical (unpaired) electrons. The Balaban J connectivity index is 2.29. The molecule has 0 aliphatic heterocycles. The molecule has 0 aliphatic rings. The molecule has 2 rings (SSSR count). The summed E-state index contributed by atoms with van der Waals surface area (Å²) in [7, 11) is 0. The highest BCUT2D eigenvalue weighted by molar-refractivity contribution is 9.10. The van der Waals surface area contributed by atoms with Gasteiger partial charge in [0.25, 0.3) is 0 Å². The lowest BCUT2D eigenvalue weighted by atomic mass is 10.2. The zero-order chi connectivity index (χ0) is 14.0. The second-order valence-electron chi connectivity index (χ2n) is 3.73. The van der Waals surface area contributed by atoms with Crippen LogP contribution in [0.1, 0.15) is 5.56 Å². The average Bonchev–Trinajstić information content (AvgIpc) is 2.32. The van der Waals surface area contributed by atoms with E-state index < -0.39 is 0 Å². The van der Waals surface area contributed by atoms with Gasteiger partial charge in [-0.3, -0.25) is 5.41 Å². The summed E-state index contributed by atoms with van der Waals surface area (Å²) < 4.78 is 7.21. The summed E-state index contributed by atoms with van der Waals surface area (Å²) in [5, 5.41) is 8.04. The molecule has 0 heterocycles. The summed E-state index contributed by atoms with van der Waals surface area (Å²) in [6, 6.07) is 10.5. The Morgan fingerprint density at radius 3 is 2.42 bits per heavy atom. The minimum Gasteiger partial charge on any atom is -0.456 e. The number of nitrogens with two attached hydrogens (primary N) is 1. The Morgan fingerprint density at radius 1 is 1.11 bits per heavy atom. The predicted molar refractivity (Wildman–Crippen MR) is 84.4 cm³/mol. The lowest BCUT2D eigenvalue weighted by Crippen LogP contribution is -2.11. The van der Waals surface area contributed by atoms with Gasteiger partial charge >= 0.3 is 0 Å². The number of nitrogens with one attached hydrogen (secondary N) is 1. The van der Waals surface area contributed by atoms with E-state index in [1.54, 1.807) is 36.4 Å². The predicted octanol–water partition coefficient (Wildman–Crippen LogP) is 4.94. The standard InChI is InChI=1S/C13H9Br2ClN2O/c14-10-6-8(2-3-9(10)13(17)18)19-12-4-1-7(16)5-11(12)15/h1-6H,(H3,17,18). The van der Waals surface area contributed by atoms with Gasteiger partial charge in [0.1, 0.15) is 17.3 Å². The van der Waals surface area contributed by atoms with E-state index in [-0.39, 0.29) is 5.84 Å². The summed E-state index contributed by atoms with van der Waals surface area (Å²) in [6.45, 7) is 0. The third-order valence-corrected chi connectivity index (χ3v) is 3.86. The lowest BCUT2D eigenvalue weighted by Gasteiger charge is -2.10. The molecule has 0 spiro atoms. The summed E-state index contributed by atoms with van der Waals surface area (Å²) in [6.07, 6.45) is 0. The van der Waals surface area contributed by atoms with E-state index in [1.165, 1.54) is 0 Å². The van der Waals surface area contributed by atoms with Gasteiger partial charge in [-0.1, -0.05) is 11.6 Å². The van der Waals surface area contributed by atoms with Crippen LogP contribution in [0.2, 0.25) is 5.02 Å². The Morgan fingerprint density at radius 2 is 1.84 bits per heavy atom. The highest BCUT2D eigenvalue weighted by atomic mass is 79.9. The summed E-state index contributed by atoms with van der Waals surface area (Å²) in [4.78, 5) is 0. The van der Waals surface area contributed by atoms with Crippen molar-refractivity contribution < 1.29 is 4.74 Å². The van der Waals surface area contributed by atoms with Crippen molar-refractivity contribution >= 4 is 49.3 Å². The molecule has 3 nitrogen and oxygen atoms in total. The fraction of sp³-hybridized carbons (Fsp3) is 0. The molecule has 0 saturated heterocycles. The molecular formula is C13H9Br2ClN2O. The van der Waals surface area contributed by atoms with Crippen LogP contribution in [-0.2, 0) is 0 Å². The fourth-order valence-corrected chi connectivity index (χ4v) is 2.80. The highest BCUT2D eigenvalue weighted by Gasteiger charge is 2.07. The minimum absolute atomic E-state index is 0.00565. The van der Waals surface area contributed by atoms with Gasteiger partial charge < -0.3 is 10.5 Å². The maximum Gasteiger partial charge on any atom is 0.141 e. The molecule has 0 aliphatic carbocycles. The van der Waals surface area contributed by atoms with E-state index in [0.29, 0.717) is 26.6 Å². The molecule has 0 amide bonds. The van der Waals surface area contributed by atoms with Crippen LogP contribution < -0.4 is 10.5 Å². The van der Waals surface area contributed by atoms with Gasteiger partial charge in [-0.25, -0.2) is 0 Å². The first-order valence-electron chi connectivity index (χ1n) is 5.24. The monoisotopic (exact) mass is 402 g/mol. The van der Waals surface area contributed by atoms with Crippen molar-refractivity contribution in [3.8, 4) is 11.5 Å². The van der Waals surface area contributed by atoms with Gasteiger partial charge in [0, 0.05) is 15.1 Å². The maximum absolute atomic E-state index is 7.41. The Bertz CT molecular complexity index is 647. The molecule has 2 aromatic rings. The van der Waals surface area contributed by atoms with Gasteiger partial charge in [-0.2, -0.15) is 0 Å². The van der Waals surface area contributed by atoms with Gasteiger partial charge in [0.2, 0.25) is 0 Å². The molecule has 0 atom stereocenters. The van der Waals surface area contributed by atoms with Crippen LogP contribution in [0.25, 0.3) is 0 Å². The molecule has 3 N–H and O–H groups in total. The molecule has 0 aromatic heterocycles. The minimum atomic E-state index is 0.00565. The Hall–Kier alpha value is -1.04. The zero-order valence-electron chi connectivity index (χ0n) is 9.58. The van der Waals surface area contributed by atoms with Crippen LogP contribution >= 0.6 is 43.5 Å². The van der Waals surface area contributed by atoms with E-state index in [1.807, 2.05) is 0 Å². The molecule has 6 heteroatoms. The Kier molecular flexibility index (Phi) is 4.50. The van der Waals surface area contributed by atoms with Crippen molar-refractivity contribution in [1.82, 2.24) is 0 Å². The van der Waals surface area contributed by atoms with E-state index in [9.17, 15) is 0 Å². The maximum atomic E-state index is 7.41. The van der Waals surface area contributed by atoms with Crippen LogP contribution in [0, 0.1) is 5.41 Å². The molecule has 19 heavy (non-hydrogen) atoms. The molecule has 0 bridgehead atoms. The first kappa shape index (κ1) is 14.4. The van der Waals surface area contributed by atoms with E-state index in [4.69, 9.17) is 27.5 Å². The van der Waals surface area contributed by atoms with Crippen LogP contribution in [-0.4, -0.2) is 5.84 Å². The van der Waals surface area contributed by atoms with Crippen molar-refractivity contribution in [2.24, 2.45) is 5.73 Å². The smallest absolute Gasteiger partial charge is 0.141 e. The third kappa shape index (κ3) is 3.49. The SMILES string of the molecule is N=C(N)c1ccc(Oc2ccc(Cl)cc2Br)cc1Br. The number of hydrogen-bond donors (Lipinski definition) is 2. The molecular weight excluding hydrogens is 395 g/mol. The zero-order valence-corrected chi connectivity index (χ0v) is 13.5. The number of hydrogen-bond acceptors (Lipinski definition) is 2. The number of halogens is 3. The molecule has 0 saturated carbocycles. The topological polar surface area (TPSA) is 59.1 Å². The first-order valence-corrected chi connectivity index (χ1v) is 7.20. The second-order valence-corrected chi connectivity index (χ2v) is 5.88. The summed E-state index contributed by atoms with van der Waals surface area (Å²) in [5.74, 6) is 1.30. The fourth-order valence-electron chi connectivity index (χ4n) is 1.46. The van der Waals surface area contributed by atoms with Gasteiger partial charge in [-0.15, -0.1) is 0 Å². The van der Waals surface area contributed by atoms with Crippen LogP contribution in [0.3, 0.4) is 0 Å². The quantitative estimate of drug-likeness (QED) is 0.562. The number of rotatable bonds is 3. The van der Waals surface area contributed by atoms with E-state index >= 15 is 0 Å². The number of amidine groups is 1. The van der Waals surface area contributed by atoms with Crippen molar-refractivity contribution in [1.29, 1.82) is 5.41 Å². The Labute approximate surface area is 132 Å². The largest absolute Gasteiger partial charge is 0.456 e. The van der Waals surface area contributed by atoms with Crippen LogP contribution in [0.5, 0.6) is 11.5 Å². The highest BCUT2D eigenvalue weighted by Crippen LogP contribution is 2.33. The normalized spacial score (nSPS) is 10.3. The van der Waals surface area contributed by atoms with Crippen molar-refractivity contribution in [2.45, 2.75) is 0 Å². The number of nitrogen functional groups attached to an aromatic ring is 1. The lowest BCUT2D eigenvalue weighted by molar-refractivity contribution is 0.479. The molecule has 0 fully saturated rings. The van der Waals surface area contributed by atoms with Crippen LogP contribution in [0.15, 0.2) is 45.3 Å². The summed E-state index contributed by atoms with van der Waals surface area (Å²) in [5.41, 5.74) is 6.08. The van der Waals surface area contributed by atoms with Gasteiger partial charge in [0.15, 0.2) is 0 Å². The molecule has 0 unspecified atom stereocenters. The third-order valence-electron chi connectivity index (χ3n) is 2.35. The van der Waals surface area contributed by atoms with Crippen molar-refractivity contribution in [2.75, 3.05) is 0 Å². The number of benzene rings is 2. The van der Waals surface area contributed by atoms with Gasteiger partial charge in [-0.05, 0) is 68.3 Å². The van der Waals surface area contributed by atoms with Crippen molar-refractivity contribution in [3.05, 3.63) is 55.9 Å². The molecule has 2 aromatic carbocycles. The first-order chi connectivity index (χ1) is 8.97. The van der Waals surface area contributed by atoms with Crippen molar-refractivity contribution in [3.63, 3.8) is 0 Å². The summed E-state index contributed by atoms with van der Waals surface area (Å²) >= 11 is 12.6. The van der Waals surface area contributed by atoms with E-state index in [0.717, 1.165) is 4.47 Å². The van der Waals surface area contributed by atoms with E-state index in [2.05, 4.69) is 31.9 Å². The second kappa shape index (κ2) is 5.94. The molecule has 98 valence electrons.